The van der Waals surface area contributed by atoms with Crippen LogP contribution in [0.15, 0.2) is 36.4 Å². The summed E-state index contributed by atoms with van der Waals surface area (Å²) in [4.78, 5) is 0. The predicted octanol–water partition coefficient (Wildman–Crippen LogP) is 2.90. The first-order chi connectivity index (χ1) is 9.63. The van der Waals surface area contributed by atoms with Crippen molar-refractivity contribution >= 4 is 0 Å². The zero-order chi connectivity index (χ0) is 14.5. The van der Waals surface area contributed by atoms with Gasteiger partial charge in [0.25, 0.3) is 0 Å². The smallest absolute Gasteiger partial charge is 0.203 e. The molecule has 4 heteroatoms. The molecule has 20 heavy (non-hydrogen) atoms. The number of ether oxygens (including phenoxy) is 2. The molecule has 0 amide bonds. The number of benzene rings is 2. The van der Waals surface area contributed by atoms with Crippen LogP contribution in [-0.4, -0.2) is 24.4 Å². The monoisotopic (exact) mass is 274 g/mol. The summed E-state index contributed by atoms with van der Waals surface area (Å²) in [5.74, 6) is 1.18. The summed E-state index contributed by atoms with van der Waals surface area (Å²) in [6, 6.07) is 10.7. The van der Waals surface area contributed by atoms with Crippen LogP contribution in [0.5, 0.6) is 23.0 Å². The van der Waals surface area contributed by atoms with Gasteiger partial charge in [0, 0.05) is 0 Å². The van der Waals surface area contributed by atoms with E-state index < -0.39 is 0 Å². The largest absolute Gasteiger partial charge is 0.508 e. The summed E-state index contributed by atoms with van der Waals surface area (Å²) >= 11 is 0. The topological polar surface area (TPSA) is 58.9 Å². The van der Waals surface area contributed by atoms with Crippen molar-refractivity contribution in [1.29, 1.82) is 0 Å². The molecule has 2 rings (SSSR count). The molecule has 0 bridgehead atoms. The van der Waals surface area contributed by atoms with Gasteiger partial charge in [0.05, 0.1) is 14.2 Å². The average Bonchev–Trinajstić information content (AvgIpc) is 2.44. The number of hydrogen-bond donors (Lipinski definition) is 2. The number of phenolic OH excluding ortho intramolecular Hbond substituents is 2. The minimum Gasteiger partial charge on any atom is -0.508 e. The van der Waals surface area contributed by atoms with Crippen LogP contribution >= 0.6 is 0 Å². The van der Waals surface area contributed by atoms with E-state index in [1.165, 1.54) is 14.2 Å². The van der Waals surface area contributed by atoms with Gasteiger partial charge >= 0.3 is 0 Å². The van der Waals surface area contributed by atoms with E-state index in [1.54, 1.807) is 18.2 Å². The van der Waals surface area contributed by atoms with Crippen molar-refractivity contribution in [3.63, 3.8) is 0 Å². The molecule has 4 nitrogen and oxygen atoms in total. The molecule has 0 aromatic heterocycles. The lowest BCUT2D eigenvalue weighted by Crippen LogP contribution is -1.95. The van der Waals surface area contributed by atoms with Crippen LogP contribution < -0.4 is 9.47 Å². The number of hydrogen-bond acceptors (Lipinski definition) is 4. The van der Waals surface area contributed by atoms with E-state index in [4.69, 9.17) is 9.47 Å². The number of rotatable bonds is 5. The summed E-state index contributed by atoms with van der Waals surface area (Å²) in [6.45, 7) is 0. The highest BCUT2D eigenvalue weighted by Gasteiger charge is 2.11. The lowest BCUT2D eigenvalue weighted by molar-refractivity contribution is 0.332. The SMILES string of the molecule is COc1cc(CCc2cccc(O)c2)cc(O)c1OC. The van der Waals surface area contributed by atoms with Crippen LogP contribution in [0, 0.1) is 0 Å². The molecule has 0 fully saturated rings. The summed E-state index contributed by atoms with van der Waals surface area (Å²) in [5.41, 5.74) is 1.99. The van der Waals surface area contributed by atoms with Crippen molar-refractivity contribution in [3.8, 4) is 23.0 Å². The van der Waals surface area contributed by atoms with Gasteiger partial charge in [-0.25, -0.2) is 0 Å². The van der Waals surface area contributed by atoms with Crippen LogP contribution in [0.3, 0.4) is 0 Å². The van der Waals surface area contributed by atoms with E-state index in [-0.39, 0.29) is 11.5 Å². The van der Waals surface area contributed by atoms with Gasteiger partial charge in [0.2, 0.25) is 5.75 Å². The van der Waals surface area contributed by atoms with Gasteiger partial charge in [-0.2, -0.15) is 0 Å². The molecule has 0 spiro atoms. The van der Waals surface area contributed by atoms with Gasteiger partial charge in [0.1, 0.15) is 5.75 Å². The summed E-state index contributed by atoms with van der Waals surface area (Å²) in [5, 5.41) is 19.3. The van der Waals surface area contributed by atoms with Crippen LogP contribution in [-0.2, 0) is 12.8 Å². The minimum atomic E-state index is 0.0674. The van der Waals surface area contributed by atoms with Gasteiger partial charge in [-0.05, 0) is 48.2 Å². The Morgan fingerprint density at radius 3 is 2.30 bits per heavy atom. The number of aryl methyl sites for hydroxylation is 2. The second-order valence-electron chi connectivity index (χ2n) is 4.52. The molecule has 2 aromatic carbocycles. The third kappa shape index (κ3) is 3.15. The quantitative estimate of drug-likeness (QED) is 0.880. The van der Waals surface area contributed by atoms with Crippen molar-refractivity contribution in [3.05, 3.63) is 47.5 Å². The summed E-state index contributed by atoms with van der Waals surface area (Å²) < 4.78 is 10.3. The number of phenols is 2. The van der Waals surface area contributed by atoms with Crippen LogP contribution in [0.25, 0.3) is 0 Å². The molecule has 0 aliphatic carbocycles. The van der Waals surface area contributed by atoms with Crippen molar-refractivity contribution in [2.24, 2.45) is 0 Å². The van der Waals surface area contributed by atoms with Crippen LogP contribution in [0.2, 0.25) is 0 Å². The Bertz CT molecular complexity index is 593. The Kier molecular flexibility index (Phi) is 4.35. The Morgan fingerprint density at radius 2 is 1.65 bits per heavy atom. The first-order valence-corrected chi connectivity index (χ1v) is 6.36. The fourth-order valence-corrected chi connectivity index (χ4v) is 2.14. The molecule has 106 valence electrons. The maximum Gasteiger partial charge on any atom is 0.203 e. The number of methoxy groups -OCH3 is 2. The van der Waals surface area contributed by atoms with Crippen molar-refractivity contribution in [2.75, 3.05) is 14.2 Å². The molecular weight excluding hydrogens is 256 g/mol. The van der Waals surface area contributed by atoms with E-state index in [1.807, 2.05) is 18.2 Å². The standard InChI is InChI=1S/C16H18O4/c1-19-15-10-12(9-14(18)16(15)20-2)7-6-11-4-3-5-13(17)8-11/h3-5,8-10,17-18H,6-7H2,1-2H3. The lowest BCUT2D eigenvalue weighted by Gasteiger charge is -2.11. The Morgan fingerprint density at radius 1 is 0.900 bits per heavy atom. The van der Waals surface area contributed by atoms with Gasteiger partial charge in [-0.1, -0.05) is 12.1 Å². The van der Waals surface area contributed by atoms with Gasteiger partial charge < -0.3 is 19.7 Å². The van der Waals surface area contributed by atoms with Crippen LogP contribution in [0.4, 0.5) is 0 Å². The molecule has 0 unspecified atom stereocenters. The third-order valence-electron chi connectivity index (χ3n) is 3.13. The predicted molar refractivity (Wildman–Crippen MR) is 76.7 cm³/mol. The van der Waals surface area contributed by atoms with E-state index in [2.05, 4.69) is 0 Å². The molecule has 0 heterocycles. The summed E-state index contributed by atoms with van der Waals surface area (Å²) in [7, 11) is 3.03. The van der Waals surface area contributed by atoms with E-state index in [0.29, 0.717) is 11.5 Å². The van der Waals surface area contributed by atoms with Crippen molar-refractivity contribution < 1.29 is 19.7 Å². The van der Waals surface area contributed by atoms with Gasteiger partial charge in [-0.3, -0.25) is 0 Å². The summed E-state index contributed by atoms with van der Waals surface area (Å²) in [6.07, 6.45) is 1.50. The second-order valence-corrected chi connectivity index (χ2v) is 4.52. The van der Waals surface area contributed by atoms with Crippen molar-refractivity contribution in [2.45, 2.75) is 12.8 Å². The molecule has 0 radical (unpaired) electrons. The zero-order valence-electron chi connectivity index (χ0n) is 11.6. The van der Waals surface area contributed by atoms with Gasteiger partial charge in [-0.15, -0.1) is 0 Å². The molecule has 0 saturated heterocycles. The van der Waals surface area contributed by atoms with E-state index in [9.17, 15) is 10.2 Å². The zero-order valence-corrected chi connectivity index (χ0v) is 11.6. The lowest BCUT2D eigenvalue weighted by atomic mass is 10.0. The normalized spacial score (nSPS) is 10.3. The highest BCUT2D eigenvalue weighted by molar-refractivity contribution is 5.53. The van der Waals surface area contributed by atoms with Crippen molar-refractivity contribution in [1.82, 2.24) is 0 Å². The molecule has 0 atom stereocenters. The molecule has 0 aliphatic heterocycles. The number of aromatic hydroxyl groups is 2. The highest BCUT2D eigenvalue weighted by atomic mass is 16.5. The maximum absolute atomic E-state index is 9.90. The Hall–Kier alpha value is -2.36. The molecular formula is C16H18O4. The van der Waals surface area contributed by atoms with E-state index >= 15 is 0 Å². The average molecular weight is 274 g/mol. The van der Waals surface area contributed by atoms with Gasteiger partial charge in [0.15, 0.2) is 11.5 Å². The highest BCUT2D eigenvalue weighted by Crippen LogP contribution is 2.37. The van der Waals surface area contributed by atoms with Crippen LogP contribution in [0.1, 0.15) is 11.1 Å². The second kappa shape index (κ2) is 6.19. The Labute approximate surface area is 118 Å². The fourth-order valence-electron chi connectivity index (χ4n) is 2.14. The third-order valence-corrected chi connectivity index (χ3v) is 3.13. The first-order valence-electron chi connectivity index (χ1n) is 6.36. The molecule has 0 aliphatic rings. The van der Waals surface area contributed by atoms with E-state index in [0.717, 1.165) is 24.0 Å². The first kappa shape index (κ1) is 14.1. The minimum absolute atomic E-state index is 0.0674. The molecule has 2 aromatic rings. The molecule has 0 saturated carbocycles. The Balaban J connectivity index is 2.16. The maximum atomic E-state index is 9.90. The fraction of sp³-hybridized carbons (Fsp3) is 0.250. The molecule has 2 N–H and O–H groups in total.